The summed E-state index contributed by atoms with van der Waals surface area (Å²) in [7, 11) is 1.61. The highest BCUT2D eigenvalue weighted by Gasteiger charge is 2.13. The van der Waals surface area contributed by atoms with Crippen LogP contribution >= 0.6 is 11.3 Å². The van der Waals surface area contributed by atoms with E-state index >= 15 is 0 Å². The third-order valence-corrected chi connectivity index (χ3v) is 5.08. The molecule has 4 aromatic rings. The van der Waals surface area contributed by atoms with Crippen LogP contribution in [0, 0.1) is 11.8 Å². The minimum atomic E-state index is -0.215. The number of carbonyl (C=O) groups is 1. The lowest BCUT2D eigenvalue weighted by Gasteiger charge is -2.08. The fourth-order valence-corrected chi connectivity index (χ4v) is 3.51. The number of nitrogens with one attached hydrogen (secondary N) is 1. The van der Waals surface area contributed by atoms with Crippen LogP contribution in [0.3, 0.4) is 0 Å². The van der Waals surface area contributed by atoms with Gasteiger partial charge in [-0.15, -0.1) is 11.3 Å². The molecule has 0 atom stereocenters. The highest BCUT2D eigenvalue weighted by Crippen LogP contribution is 2.18. The average Bonchev–Trinajstić information content (AvgIpc) is 3.42. The molecule has 148 valence electrons. The van der Waals surface area contributed by atoms with Crippen LogP contribution in [0.1, 0.15) is 27.3 Å². The van der Waals surface area contributed by atoms with Crippen molar-refractivity contribution in [2.45, 2.75) is 6.54 Å². The van der Waals surface area contributed by atoms with Crippen LogP contribution in [-0.2, 0) is 6.54 Å². The molecule has 0 fully saturated rings. The highest BCUT2D eigenvalue weighted by molar-refractivity contribution is 7.14. The first-order chi connectivity index (χ1) is 14.7. The Hall–Kier alpha value is -3.89. The Labute approximate surface area is 178 Å². The van der Waals surface area contributed by atoms with E-state index in [2.05, 4.69) is 27.1 Å². The monoisotopic (exact) mass is 414 g/mol. The molecule has 0 saturated carbocycles. The number of amides is 1. The molecule has 7 heteroatoms. The molecule has 0 aliphatic carbocycles. The Morgan fingerprint density at radius 2 is 1.97 bits per heavy atom. The highest BCUT2D eigenvalue weighted by atomic mass is 32.1. The summed E-state index contributed by atoms with van der Waals surface area (Å²) in [5.41, 5.74) is 3.00. The molecule has 1 N–H and O–H groups in total. The third kappa shape index (κ3) is 4.57. The number of carbonyl (C=O) groups excluding carboxylic acids is 1. The Balaban J connectivity index is 1.46. The number of methoxy groups -OCH3 is 1. The molecule has 4 rings (SSSR count). The molecular formula is C23H18N4O2S. The molecule has 0 saturated heterocycles. The average molecular weight is 414 g/mol. The fraction of sp³-hybridized carbons (Fsp3) is 0.0870. The van der Waals surface area contributed by atoms with Crippen LogP contribution in [0.15, 0.2) is 72.5 Å². The van der Waals surface area contributed by atoms with Crippen LogP contribution in [0.4, 0.5) is 5.13 Å². The molecule has 3 heterocycles. The topological polar surface area (TPSA) is 69.0 Å². The van der Waals surface area contributed by atoms with Gasteiger partial charge in [0.15, 0.2) is 5.13 Å². The van der Waals surface area contributed by atoms with Crippen molar-refractivity contribution >= 4 is 22.4 Å². The quantitative estimate of drug-likeness (QED) is 0.500. The van der Waals surface area contributed by atoms with Gasteiger partial charge in [-0.3, -0.25) is 15.1 Å². The van der Waals surface area contributed by atoms with E-state index in [1.807, 2.05) is 58.6 Å². The second kappa shape index (κ2) is 9.07. The summed E-state index contributed by atoms with van der Waals surface area (Å²) in [5, 5.41) is 5.17. The van der Waals surface area contributed by atoms with Crippen molar-refractivity contribution < 1.29 is 9.53 Å². The molecule has 6 nitrogen and oxygen atoms in total. The number of anilines is 1. The SMILES string of the molecule is COc1ccccc1C#Cc1csc(NC(=O)c2cccn2Cc2ccncc2)n1. The minimum absolute atomic E-state index is 0.215. The van der Waals surface area contributed by atoms with Gasteiger partial charge in [0.2, 0.25) is 0 Å². The maximum Gasteiger partial charge on any atom is 0.274 e. The Morgan fingerprint density at radius 3 is 2.80 bits per heavy atom. The minimum Gasteiger partial charge on any atom is -0.495 e. The van der Waals surface area contributed by atoms with Crippen molar-refractivity contribution in [3.8, 4) is 17.6 Å². The molecule has 1 aromatic carbocycles. The van der Waals surface area contributed by atoms with Crippen molar-refractivity contribution in [3.05, 3.63) is 95.0 Å². The van der Waals surface area contributed by atoms with Gasteiger partial charge < -0.3 is 9.30 Å². The van der Waals surface area contributed by atoms with Crippen molar-refractivity contribution in [2.24, 2.45) is 0 Å². The van der Waals surface area contributed by atoms with Crippen molar-refractivity contribution in [1.29, 1.82) is 0 Å². The summed E-state index contributed by atoms with van der Waals surface area (Å²) >= 11 is 1.34. The lowest BCUT2D eigenvalue weighted by molar-refractivity contribution is 0.101. The van der Waals surface area contributed by atoms with Gasteiger partial charge in [0.1, 0.15) is 17.1 Å². The summed E-state index contributed by atoms with van der Waals surface area (Å²) in [5.74, 6) is 6.57. The summed E-state index contributed by atoms with van der Waals surface area (Å²) < 4.78 is 7.19. The first kappa shape index (κ1) is 19.4. The smallest absolute Gasteiger partial charge is 0.274 e. The molecule has 0 aliphatic rings. The van der Waals surface area contributed by atoms with E-state index in [1.165, 1.54) is 11.3 Å². The molecule has 0 bridgehead atoms. The predicted octanol–water partition coefficient (Wildman–Crippen LogP) is 4.05. The zero-order valence-electron chi connectivity index (χ0n) is 16.2. The lowest BCUT2D eigenvalue weighted by atomic mass is 10.2. The van der Waals surface area contributed by atoms with Crippen LogP contribution in [-0.4, -0.2) is 27.6 Å². The van der Waals surface area contributed by atoms with E-state index in [0.717, 1.165) is 11.1 Å². The Bertz CT molecular complexity index is 1220. The molecule has 0 aliphatic heterocycles. The zero-order valence-corrected chi connectivity index (χ0v) is 17.0. The van der Waals surface area contributed by atoms with E-state index in [1.54, 1.807) is 25.6 Å². The van der Waals surface area contributed by atoms with Crippen LogP contribution in [0.2, 0.25) is 0 Å². The van der Waals surface area contributed by atoms with Gasteiger partial charge in [-0.2, -0.15) is 0 Å². The van der Waals surface area contributed by atoms with Gasteiger partial charge in [-0.25, -0.2) is 4.98 Å². The number of thiazole rings is 1. The maximum atomic E-state index is 12.7. The Morgan fingerprint density at radius 1 is 1.13 bits per heavy atom. The first-order valence-corrected chi connectivity index (χ1v) is 10.1. The first-order valence-electron chi connectivity index (χ1n) is 9.19. The van der Waals surface area contributed by atoms with Gasteiger partial charge in [0, 0.05) is 30.5 Å². The van der Waals surface area contributed by atoms with E-state index in [4.69, 9.17) is 4.74 Å². The van der Waals surface area contributed by atoms with E-state index in [-0.39, 0.29) is 5.91 Å². The molecule has 30 heavy (non-hydrogen) atoms. The van der Waals surface area contributed by atoms with Crippen LogP contribution < -0.4 is 10.1 Å². The number of pyridine rings is 1. The largest absolute Gasteiger partial charge is 0.495 e. The van der Waals surface area contributed by atoms with Crippen molar-refractivity contribution in [2.75, 3.05) is 12.4 Å². The third-order valence-electron chi connectivity index (χ3n) is 4.32. The summed E-state index contributed by atoms with van der Waals surface area (Å²) in [6.07, 6.45) is 5.35. The normalized spacial score (nSPS) is 10.2. The summed E-state index contributed by atoms with van der Waals surface area (Å²) in [6, 6.07) is 15.0. The second-order valence-corrected chi connectivity index (χ2v) is 7.18. The Kier molecular flexibility index (Phi) is 5.88. The summed E-state index contributed by atoms with van der Waals surface area (Å²) in [6.45, 7) is 0.589. The number of aromatic nitrogens is 3. The molecular weight excluding hydrogens is 396 g/mol. The van der Waals surface area contributed by atoms with Gasteiger partial charge in [-0.05, 0) is 47.9 Å². The predicted molar refractivity (Wildman–Crippen MR) is 117 cm³/mol. The van der Waals surface area contributed by atoms with Crippen LogP contribution in [0.25, 0.3) is 0 Å². The van der Waals surface area contributed by atoms with Gasteiger partial charge in [-0.1, -0.05) is 18.1 Å². The van der Waals surface area contributed by atoms with Crippen molar-refractivity contribution in [1.82, 2.24) is 14.5 Å². The van der Waals surface area contributed by atoms with Gasteiger partial charge >= 0.3 is 0 Å². The van der Waals surface area contributed by atoms with Crippen LogP contribution in [0.5, 0.6) is 5.75 Å². The zero-order chi connectivity index (χ0) is 20.8. The number of ether oxygens (including phenoxy) is 1. The molecule has 3 aromatic heterocycles. The number of benzene rings is 1. The number of hydrogen-bond acceptors (Lipinski definition) is 5. The molecule has 1 amide bonds. The number of para-hydroxylation sites is 1. The van der Waals surface area contributed by atoms with Gasteiger partial charge in [0.05, 0.1) is 12.7 Å². The maximum absolute atomic E-state index is 12.7. The molecule has 0 radical (unpaired) electrons. The van der Waals surface area contributed by atoms with E-state index in [9.17, 15) is 4.79 Å². The fourth-order valence-electron chi connectivity index (χ4n) is 2.87. The van der Waals surface area contributed by atoms with Gasteiger partial charge in [0.25, 0.3) is 5.91 Å². The van der Waals surface area contributed by atoms with E-state index < -0.39 is 0 Å². The number of rotatable bonds is 5. The molecule has 0 spiro atoms. The standard InChI is InChI=1S/C23H18N4O2S/c1-29-21-7-3-2-5-18(21)8-9-19-16-30-23(25-19)26-22(28)20-6-4-14-27(20)15-17-10-12-24-13-11-17/h2-7,10-14,16H,15H2,1H3,(H,25,26,28). The number of nitrogens with zero attached hydrogens (tertiary/aromatic N) is 3. The van der Waals surface area contributed by atoms with Crippen molar-refractivity contribution in [3.63, 3.8) is 0 Å². The second-order valence-electron chi connectivity index (χ2n) is 6.32. The number of hydrogen-bond donors (Lipinski definition) is 1. The lowest BCUT2D eigenvalue weighted by Crippen LogP contribution is -2.17. The van der Waals surface area contributed by atoms with E-state index in [0.29, 0.717) is 28.8 Å². The molecule has 0 unspecified atom stereocenters. The summed E-state index contributed by atoms with van der Waals surface area (Å²) in [4.78, 5) is 21.1.